The van der Waals surface area contributed by atoms with E-state index in [4.69, 9.17) is 5.26 Å². The number of carbonyl (C=O) groups excluding carboxylic acids is 2. The third-order valence-electron chi connectivity index (χ3n) is 2.66. The van der Waals surface area contributed by atoms with Crippen LogP contribution in [0.4, 0.5) is 5.69 Å². The van der Waals surface area contributed by atoms with Crippen molar-refractivity contribution in [2.24, 2.45) is 0 Å². The van der Waals surface area contributed by atoms with Crippen LogP contribution >= 0.6 is 0 Å². The van der Waals surface area contributed by atoms with Crippen LogP contribution in [0.3, 0.4) is 0 Å². The van der Waals surface area contributed by atoms with E-state index in [-0.39, 0.29) is 24.7 Å². The first-order valence-corrected chi connectivity index (χ1v) is 5.00. The van der Waals surface area contributed by atoms with Gasteiger partial charge in [-0.05, 0) is 18.6 Å². The Hall–Kier alpha value is -2.15. The number of rotatable bonds is 1. The Bertz CT molecular complexity index is 498. The zero-order valence-electron chi connectivity index (χ0n) is 8.86. The van der Waals surface area contributed by atoms with E-state index in [1.165, 1.54) is 0 Å². The molecule has 0 aliphatic carbocycles. The van der Waals surface area contributed by atoms with Crippen molar-refractivity contribution in [1.29, 1.82) is 5.26 Å². The average molecular weight is 214 g/mol. The molecule has 0 aromatic heterocycles. The minimum absolute atomic E-state index is 0.230. The van der Waals surface area contributed by atoms with Crippen LogP contribution in [0.25, 0.3) is 0 Å². The first-order chi connectivity index (χ1) is 7.65. The molecular formula is C12H10N2O2. The molecule has 1 saturated heterocycles. The molecule has 0 atom stereocenters. The highest BCUT2D eigenvalue weighted by Gasteiger charge is 2.31. The van der Waals surface area contributed by atoms with Crippen LogP contribution < -0.4 is 4.90 Å². The normalized spacial score (nSPS) is 15.4. The van der Waals surface area contributed by atoms with Crippen molar-refractivity contribution in [3.05, 3.63) is 29.3 Å². The van der Waals surface area contributed by atoms with Crippen molar-refractivity contribution in [1.82, 2.24) is 0 Å². The Kier molecular flexibility index (Phi) is 2.45. The summed E-state index contributed by atoms with van der Waals surface area (Å²) in [6, 6.07) is 7.19. The fraction of sp³-hybridized carbons (Fsp3) is 0.250. The van der Waals surface area contributed by atoms with E-state index < -0.39 is 0 Å². The molecule has 1 fully saturated rings. The second-order valence-electron chi connectivity index (χ2n) is 3.70. The van der Waals surface area contributed by atoms with Gasteiger partial charge in [0.1, 0.15) is 6.07 Å². The van der Waals surface area contributed by atoms with Crippen LogP contribution in [0.15, 0.2) is 18.2 Å². The van der Waals surface area contributed by atoms with Crippen LogP contribution in [0.1, 0.15) is 24.0 Å². The van der Waals surface area contributed by atoms with E-state index in [0.29, 0.717) is 11.3 Å². The molecule has 4 heteroatoms. The maximum Gasteiger partial charge on any atom is 0.234 e. The zero-order valence-corrected chi connectivity index (χ0v) is 8.86. The summed E-state index contributed by atoms with van der Waals surface area (Å²) < 4.78 is 0. The number of hydrogen-bond donors (Lipinski definition) is 0. The van der Waals surface area contributed by atoms with E-state index in [2.05, 4.69) is 0 Å². The number of hydrogen-bond acceptors (Lipinski definition) is 3. The molecule has 0 spiro atoms. The van der Waals surface area contributed by atoms with Gasteiger partial charge in [0, 0.05) is 12.8 Å². The Balaban J connectivity index is 2.57. The Morgan fingerprint density at radius 2 is 1.88 bits per heavy atom. The molecule has 0 N–H and O–H groups in total. The monoisotopic (exact) mass is 214 g/mol. The summed E-state index contributed by atoms with van der Waals surface area (Å²) in [5.41, 5.74) is 1.58. The maximum atomic E-state index is 11.6. The molecule has 4 nitrogen and oxygen atoms in total. The standard InChI is InChI=1S/C12H10N2O2/c1-8-3-2-4-10(9(8)7-13)14-11(15)5-6-12(14)16/h2-4H,5-6H2,1H3. The van der Waals surface area contributed by atoms with Gasteiger partial charge in [-0.3, -0.25) is 9.59 Å². The minimum Gasteiger partial charge on any atom is -0.274 e. The average Bonchev–Trinajstić information content (AvgIpc) is 2.58. The number of carbonyl (C=O) groups is 2. The van der Waals surface area contributed by atoms with E-state index in [1.54, 1.807) is 25.1 Å². The molecule has 1 aliphatic rings. The Labute approximate surface area is 93.1 Å². The first-order valence-electron chi connectivity index (χ1n) is 5.00. The predicted molar refractivity (Wildman–Crippen MR) is 57.6 cm³/mol. The fourth-order valence-electron chi connectivity index (χ4n) is 1.83. The summed E-state index contributed by atoms with van der Waals surface area (Å²) in [6.07, 6.45) is 0.468. The lowest BCUT2D eigenvalue weighted by molar-refractivity contribution is -0.121. The van der Waals surface area contributed by atoms with Crippen LogP contribution in [0.5, 0.6) is 0 Å². The van der Waals surface area contributed by atoms with E-state index in [0.717, 1.165) is 10.5 Å². The number of anilines is 1. The molecule has 1 aromatic carbocycles. The molecule has 2 amide bonds. The van der Waals surface area contributed by atoms with Gasteiger partial charge in [0.25, 0.3) is 0 Å². The maximum absolute atomic E-state index is 11.6. The number of amides is 2. The van der Waals surface area contributed by atoms with Crippen molar-refractivity contribution < 1.29 is 9.59 Å². The predicted octanol–water partition coefficient (Wildman–Crippen LogP) is 1.52. The third-order valence-corrected chi connectivity index (χ3v) is 2.66. The molecule has 1 aliphatic heterocycles. The summed E-state index contributed by atoms with van der Waals surface area (Å²) in [6.45, 7) is 1.78. The van der Waals surface area contributed by atoms with Crippen LogP contribution in [0, 0.1) is 18.3 Å². The quantitative estimate of drug-likeness (QED) is 0.666. The van der Waals surface area contributed by atoms with Gasteiger partial charge in [0.15, 0.2) is 0 Å². The van der Waals surface area contributed by atoms with Gasteiger partial charge < -0.3 is 0 Å². The summed E-state index contributed by atoms with van der Waals surface area (Å²) in [5, 5.41) is 9.03. The number of aryl methyl sites for hydroxylation is 1. The molecule has 1 aromatic rings. The molecule has 0 unspecified atom stereocenters. The minimum atomic E-state index is -0.230. The lowest BCUT2D eigenvalue weighted by Crippen LogP contribution is -2.29. The second kappa shape index (κ2) is 3.78. The molecule has 0 radical (unpaired) electrons. The summed E-state index contributed by atoms with van der Waals surface area (Å²) >= 11 is 0. The van der Waals surface area contributed by atoms with Crippen molar-refractivity contribution in [2.45, 2.75) is 19.8 Å². The van der Waals surface area contributed by atoms with Crippen LogP contribution in [0.2, 0.25) is 0 Å². The summed E-state index contributed by atoms with van der Waals surface area (Å²) in [4.78, 5) is 24.2. The molecule has 1 heterocycles. The van der Waals surface area contributed by atoms with Crippen molar-refractivity contribution in [2.75, 3.05) is 4.90 Å². The molecule has 2 rings (SSSR count). The number of nitriles is 1. The lowest BCUT2D eigenvalue weighted by atomic mass is 10.1. The Morgan fingerprint density at radius 1 is 1.25 bits per heavy atom. The van der Waals surface area contributed by atoms with Crippen molar-refractivity contribution in [3.8, 4) is 6.07 Å². The van der Waals surface area contributed by atoms with Gasteiger partial charge in [0.2, 0.25) is 11.8 Å². The highest BCUT2D eigenvalue weighted by atomic mass is 16.2. The number of benzene rings is 1. The van der Waals surface area contributed by atoms with Gasteiger partial charge >= 0.3 is 0 Å². The zero-order chi connectivity index (χ0) is 11.7. The third kappa shape index (κ3) is 1.47. The second-order valence-corrected chi connectivity index (χ2v) is 3.70. The molecule has 80 valence electrons. The highest BCUT2D eigenvalue weighted by molar-refractivity contribution is 6.20. The summed E-state index contributed by atoms with van der Waals surface area (Å²) in [5.74, 6) is -0.459. The van der Waals surface area contributed by atoms with E-state index >= 15 is 0 Å². The number of nitrogens with zero attached hydrogens (tertiary/aromatic N) is 2. The van der Waals surface area contributed by atoms with Gasteiger partial charge in [-0.2, -0.15) is 5.26 Å². The fourth-order valence-corrected chi connectivity index (χ4v) is 1.83. The highest BCUT2D eigenvalue weighted by Crippen LogP contribution is 2.27. The smallest absolute Gasteiger partial charge is 0.234 e. The molecule has 16 heavy (non-hydrogen) atoms. The van der Waals surface area contributed by atoms with Gasteiger partial charge in [-0.15, -0.1) is 0 Å². The molecule has 0 saturated carbocycles. The van der Waals surface area contributed by atoms with Crippen molar-refractivity contribution in [3.63, 3.8) is 0 Å². The van der Waals surface area contributed by atoms with Crippen LogP contribution in [-0.4, -0.2) is 11.8 Å². The molecular weight excluding hydrogens is 204 g/mol. The van der Waals surface area contributed by atoms with Crippen LogP contribution in [-0.2, 0) is 9.59 Å². The van der Waals surface area contributed by atoms with Gasteiger partial charge in [-0.1, -0.05) is 12.1 Å². The van der Waals surface area contributed by atoms with Crippen molar-refractivity contribution >= 4 is 17.5 Å². The van der Waals surface area contributed by atoms with E-state index in [1.807, 2.05) is 6.07 Å². The SMILES string of the molecule is Cc1cccc(N2C(=O)CCC2=O)c1C#N. The topological polar surface area (TPSA) is 61.2 Å². The molecule has 0 bridgehead atoms. The van der Waals surface area contributed by atoms with Gasteiger partial charge in [-0.25, -0.2) is 4.90 Å². The van der Waals surface area contributed by atoms with Gasteiger partial charge in [0.05, 0.1) is 11.3 Å². The number of imide groups is 1. The Morgan fingerprint density at radius 3 is 2.44 bits per heavy atom. The van der Waals surface area contributed by atoms with E-state index in [9.17, 15) is 9.59 Å². The first kappa shape index (κ1) is 10.4. The summed E-state index contributed by atoms with van der Waals surface area (Å²) in [7, 11) is 0. The lowest BCUT2D eigenvalue weighted by Gasteiger charge is -2.16. The largest absolute Gasteiger partial charge is 0.274 e.